The minimum Gasteiger partial charge on any atom is -0.379 e. The lowest BCUT2D eigenvalue weighted by Crippen LogP contribution is -2.50. The van der Waals surface area contributed by atoms with Gasteiger partial charge in [-0.05, 0) is 25.5 Å². The lowest BCUT2D eigenvalue weighted by atomic mass is 9.85. The molecule has 0 aliphatic carbocycles. The van der Waals surface area contributed by atoms with Crippen LogP contribution >= 0.6 is 22.9 Å². The summed E-state index contributed by atoms with van der Waals surface area (Å²) in [7, 11) is 0. The van der Waals surface area contributed by atoms with Crippen molar-refractivity contribution in [1.82, 2.24) is 5.32 Å². The summed E-state index contributed by atoms with van der Waals surface area (Å²) in [5.41, 5.74) is 5.30. The third kappa shape index (κ3) is 2.85. The Morgan fingerprint density at radius 2 is 2.50 bits per heavy atom. The van der Waals surface area contributed by atoms with Crippen molar-refractivity contribution in [3.63, 3.8) is 0 Å². The van der Waals surface area contributed by atoms with Crippen molar-refractivity contribution < 1.29 is 9.53 Å². The van der Waals surface area contributed by atoms with E-state index < -0.39 is 5.41 Å². The van der Waals surface area contributed by atoms with Crippen molar-refractivity contribution in [3.8, 4) is 0 Å². The van der Waals surface area contributed by atoms with Crippen LogP contribution in [0, 0.1) is 5.41 Å². The van der Waals surface area contributed by atoms with Gasteiger partial charge in [-0.2, -0.15) is 0 Å². The summed E-state index contributed by atoms with van der Waals surface area (Å²) < 4.78 is 6.03. The zero-order valence-electron chi connectivity index (χ0n) is 10.2. The Labute approximate surface area is 115 Å². The van der Waals surface area contributed by atoms with E-state index in [2.05, 4.69) is 5.32 Å². The molecule has 0 radical (unpaired) electrons. The first-order valence-corrected chi connectivity index (χ1v) is 7.07. The number of thiophene rings is 1. The van der Waals surface area contributed by atoms with Crippen molar-refractivity contribution in [3.05, 3.63) is 21.3 Å². The van der Waals surface area contributed by atoms with E-state index in [1.807, 2.05) is 19.1 Å². The van der Waals surface area contributed by atoms with E-state index in [-0.39, 0.29) is 11.9 Å². The predicted molar refractivity (Wildman–Crippen MR) is 72.9 cm³/mol. The van der Waals surface area contributed by atoms with E-state index in [0.717, 1.165) is 15.6 Å². The fourth-order valence-electron chi connectivity index (χ4n) is 1.91. The lowest BCUT2D eigenvalue weighted by molar-refractivity contribution is -0.130. The molecule has 0 aromatic carbocycles. The van der Waals surface area contributed by atoms with Gasteiger partial charge in [-0.3, -0.25) is 4.79 Å². The van der Waals surface area contributed by atoms with E-state index >= 15 is 0 Å². The fraction of sp³-hybridized carbons (Fsp3) is 0.583. The summed E-state index contributed by atoms with van der Waals surface area (Å²) in [5.74, 6) is -0.0323. The monoisotopic (exact) mass is 288 g/mol. The number of ether oxygens (including phenoxy) is 1. The Balaban J connectivity index is 1.81. The normalized spacial score (nSPS) is 27.4. The second kappa shape index (κ2) is 5.57. The van der Waals surface area contributed by atoms with Crippen molar-refractivity contribution in [1.29, 1.82) is 0 Å². The summed E-state index contributed by atoms with van der Waals surface area (Å²) in [5, 5.41) is 2.92. The van der Waals surface area contributed by atoms with Crippen molar-refractivity contribution in [2.75, 3.05) is 19.8 Å². The second-order valence-corrected chi connectivity index (χ2v) is 6.55. The third-order valence-corrected chi connectivity index (χ3v) is 4.61. The Hall–Kier alpha value is -0.620. The minimum atomic E-state index is -0.604. The van der Waals surface area contributed by atoms with Crippen LogP contribution in [0.5, 0.6) is 0 Å². The SMILES string of the molecule is CC1(C(=O)NCCc2ccc(Cl)s2)COCC1N. The molecule has 1 aliphatic rings. The minimum absolute atomic E-state index is 0.0323. The van der Waals surface area contributed by atoms with Crippen LogP contribution in [-0.4, -0.2) is 31.7 Å². The fourth-order valence-corrected chi connectivity index (χ4v) is 3.00. The van der Waals surface area contributed by atoms with Gasteiger partial charge in [0.05, 0.1) is 23.0 Å². The predicted octanol–water partition coefficient (Wildman–Crippen LogP) is 1.42. The number of carbonyl (C=O) groups excluding carboxylic acids is 1. The molecule has 0 saturated carbocycles. The quantitative estimate of drug-likeness (QED) is 0.881. The highest BCUT2D eigenvalue weighted by Crippen LogP contribution is 2.27. The van der Waals surface area contributed by atoms with Crippen LogP contribution in [0.3, 0.4) is 0 Å². The Bertz CT molecular complexity index is 437. The van der Waals surface area contributed by atoms with E-state index in [0.29, 0.717) is 19.8 Å². The molecule has 1 saturated heterocycles. The Morgan fingerprint density at radius 1 is 1.72 bits per heavy atom. The molecule has 1 amide bonds. The molecule has 0 bridgehead atoms. The third-order valence-electron chi connectivity index (χ3n) is 3.32. The first-order chi connectivity index (χ1) is 8.52. The molecular formula is C12H17ClN2O2S. The number of nitrogens with two attached hydrogens (primary N) is 1. The maximum absolute atomic E-state index is 12.1. The molecule has 4 nitrogen and oxygen atoms in total. The van der Waals surface area contributed by atoms with E-state index in [1.54, 1.807) is 0 Å². The molecule has 1 aliphatic heterocycles. The molecule has 0 spiro atoms. The number of amides is 1. The lowest BCUT2D eigenvalue weighted by Gasteiger charge is -2.25. The molecule has 1 fully saturated rings. The van der Waals surface area contributed by atoms with Gasteiger partial charge in [-0.1, -0.05) is 11.6 Å². The molecule has 18 heavy (non-hydrogen) atoms. The first kappa shape index (κ1) is 13.8. The first-order valence-electron chi connectivity index (χ1n) is 5.88. The topological polar surface area (TPSA) is 64.3 Å². The van der Waals surface area contributed by atoms with Gasteiger partial charge >= 0.3 is 0 Å². The molecule has 2 atom stereocenters. The Morgan fingerprint density at radius 3 is 3.06 bits per heavy atom. The molecule has 3 N–H and O–H groups in total. The second-order valence-electron chi connectivity index (χ2n) is 4.75. The van der Waals surface area contributed by atoms with Crippen LogP contribution in [0.2, 0.25) is 4.34 Å². The smallest absolute Gasteiger partial charge is 0.229 e. The zero-order chi connectivity index (χ0) is 13.2. The van der Waals surface area contributed by atoms with Crippen molar-refractivity contribution in [2.45, 2.75) is 19.4 Å². The largest absolute Gasteiger partial charge is 0.379 e. The molecule has 2 rings (SSSR count). The molecule has 2 heterocycles. The molecule has 2 unspecified atom stereocenters. The maximum atomic E-state index is 12.1. The summed E-state index contributed by atoms with van der Waals surface area (Å²) in [4.78, 5) is 13.2. The average molecular weight is 289 g/mol. The van der Waals surface area contributed by atoms with E-state index in [9.17, 15) is 4.79 Å². The highest BCUT2D eigenvalue weighted by Gasteiger charge is 2.44. The van der Waals surface area contributed by atoms with Crippen molar-refractivity contribution in [2.24, 2.45) is 11.1 Å². The van der Waals surface area contributed by atoms with Crippen LogP contribution in [-0.2, 0) is 16.0 Å². The summed E-state index contributed by atoms with van der Waals surface area (Å²) in [6, 6.07) is 3.62. The summed E-state index contributed by atoms with van der Waals surface area (Å²) in [6.07, 6.45) is 0.787. The summed E-state index contributed by atoms with van der Waals surface area (Å²) in [6.45, 7) is 3.29. The van der Waals surface area contributed by atoms with Gasteiger partial charge in [0.1, 0.15) is 0 Å². The highest BCUT2D eigenvalue weighted by atomic mass is 35.5. The van der Waals surface area contributed by atoms with Gasteiger partial charge in [-0.15, -0.1) is 11.3 Å². The van der Waals surface area contributed by atoms with Crippen LogP contribution in [0.4, 0.5) is 0 Å². The molecule has 1 aromatic heterocycles. The average Bonchev–Trinajstić information content (AvgIpc) is 2.88. The van der Waals surface area contributed by atoms with Crippen molar-refractivity contribution >= 4 is 28.8 Å². The molecular weight excluding hydrogens is 272 g/mol. The van der Waals surface area contributed by atoms with Crippen LogP contribution in [0.15, 0.2) is 12.1 Å². The number of rotatable bonds is 4. The van der Waals surface area contributed by atoms with Crippen LogP contribution < -0.4 is 11.1 Å². The number of hydrogen-bond acceptors (Lipinski definition) is 4. The molecule has 1 aromatic rings. The molecule has 6 heteroatoms. The standard InChI is InChI=1S/C12H17ClN2O2S/c1-12(7-17-6-9(12)14)11(16)15-5-4-8-2-3-10(13)18-8/h2-3,9H,4-7,14H2,1H3,(H,15,16). The van der Waals surface area contributed by atoms with E-state index in [4.69, 9.17) is 22.1 Å². The van der Waals surface area contributed by atoms with Gasteiger partial charge in [0, 0.05) is 17.5 Å². The number of hydrogen-bond donors (Lipinski definition) is 2. The Kier molecular flexibility index (Phi) is 4.27. The number of halogens is 1. The molecule has 100 valence electrons. The summed E-state index contributed by atoms with van der Waals surface area (Å²) >= 11 is 7.38. The van der Waals surface area contributed by atoms with Crippen LogP contribution in [0.25, 0.3) is 0 Å². The zero-order valence-corrected chi connectivity index (χ0v) is 11.8. The van der Waals surface area contributed by atoms with Gasteiger partial charge in [0.25, 0.3) is 0 Å². The van der Waals surface area contributed by atoms with Crippen LogP contribution in [0.1, 0.15) is 11.8 Å². The van der Waals surface area contributed by atoms with E-state index in [1.165, 1.54) is 11.3 Å². The number of carbonyl (C=O) groups is 1. The number of nitrogens with one attached hydrogen (secondary N) is 1. The van der Waals surface area contributed by atoms with Gasteiger partial charge in [0.15, 0.2) is 0 Å². The van der Waals surface area contributed by atoms with Gasteiger partial charge < -0.3 is 15.8 Å². The maximum Gasteiger partial charge on any atom is 0.229 e. The highest BCUT2D eigenvalue weighted by molar-refractivity contribution is 7.16. The van der Waals surface area contributed by atoms with Gasteiger partial charge in [0.2, 0.25) is 5.91 Å². The van der Waals surface area contributed by atoms with Gasteiger partial charge in [-0.25, -0.2) is 0 Å².